The van der Waals surface area contributed by atoms with Gasteiger partial charge in [-0.05, 0) is 42.5 Å². The Morgan fingerprint density at radius 2 is 1.76 bits per heavy atom. The minimum absolute atomic E-state index is 0.0241. The van der Waals surface area contributed by atoms with Gasteiger partial charge in [-0.3, -0.25) is 9.59 Å². The molecule has 0 N–H and O–H groups in total. The molecule has 2 aliphatic rings. The molecule has 0 aliphatic carbocycles. The van der Waals surface area contributed by atoms with E-state index in [2.05, 4.69) is 6.92 Å². The molecule has 2 heterocycles. The predicted octanol–water partition coefficient (Wildman–Crippen LogP) is 4.35. The van der Waals surface area contributed by atoms with E-state index in [-0.39, 0.29) is 30.6 Å². The van der Waals surface area contributed by atoms with E-state index in [1.54, 1.807) is 0 Å². The Morgan fingerprint density at radius 1 is 1.00 bits per heavy atom. The van der Waals surface area contributed by atoms with Crippen LogP contribution in [0.1, 0.15) is 60.1 Å². The first-order valence-corrected chi connectivity index (χ1v) is 10.5. The summed E-state index contributed by atoms with van der Waals surface area (Å²) in [6.07, 6.45) is 3.34. The largest absolute Gasteiger partial charge is 0.486 e. The standard InChI is InChI=1S/C24H27NO4/c1-2-17-5-7-18(8-6-17)21(26)10-12-24(27)25-13-3-4-20(25)19-9-11-22-23(16-19)29-15-14-28-22/h5-9,11,16,20H,2-4,10,12-15H2,1H3/t20-/m0/s1. The van der Waals surface area contributed by atoms with Gasteiger partial charge < -0.3 is 14.4 Å². The van der Waals surface area contributed by atoms with Crippen LogP contribution in [0.5, 0.6) is 11.5 Å². The summed E-state index contributed by atoms with van der Waals surface area (Å²) >= 11 is 0. The fourth-order valence-electron chi connectivity index (χ4n) is 4.11. The van der Waals surface area contributed by atoms with Gasteiger partial charge in [0.25, 0.3) is 0 Å². The highest BCUT2D eigenvalue weighted by Gasteiger charge is 2.30. The molecule has 5 heteroatoms. The third-order valence-corrected chi connectivity index (χ3v) is 5.77. The molecule has 0 unspecified atom stereocenters. The van der Waals surface area contributed by atoms with Crippen molar-refractivity contribution in [3.05, 3.63) is 59.2 Å². The first-order valence-electron chi connectivity index (χ1n) is 10.5. The lowest BCUT2D eigenvalue weighted by Crippen LogP contribution is -2.30. The highest BCUT2D eigenvalue weighted by Crippen LogP contribution is 2.38. The lowest BCUT2D eigenvalue weighted by atomic mass is 10.0. The van der Waals surface area contributed by atoms with Crippen LogP contribution in [0.3, 0.4) is 0 Å². The predicted molar refractivity (Wildman–Crippen MR) is 111 cm³/mol. The quantitative estimate of drug-likeness (QED) is 0.685. The molecular formula is C24H27NO4. The van der Waals surface area contributed by atoms with Gasteiger partial charge in [0.15, 0.2) is 17.3 Å². The second kappa shape index (κ2) is 8.68. The van der Waals surface area contributed by atoms with E-state index in [0.29, 0.717) is 18.8 Å². The second-order valence-electron chi connectivity index (χ2n) is 7.62. The fraction of sp³-hybridized carbons (Fsp3) is 0.417. The van der Waals surface area contributed by atoms with Crippen LogP contribution in [-0.4, -0.2) is 36.3 Å². The van der Waals surface area contributed by atoms with Crippen LogP contribution in [0.2, 0.25) is 0 Å². The van der Waals surface area contributed by atoms with Crippen molar-refractivity contribution in [2.45, 2.75) is 45.1 Å². The van der Waals surface area contributed by atoms with E-state index in [1.807, 2.05) is 47.4 Å². The third kappa shape index (κ3) is 4.29. The highest BCUT2D eigenvalue weighted by atomic mass is 16.6. The summed E-state index contributed by atoms with van der Waals surface area (Å²) in [7, 11) is 0. The number of carbonyl (C=O) groups is 2. The van der Waals surface area contributed by atoms with Gasteiger partial charge in [-0.15, -0.1) is 0 Å². The van der Waals surface area contributed by atoms with E-state index in [9.17, 15) is 9.59 Å². The van der Waals surface area contributed by atoms with E-state index in [1.165, 1.54) is 5.56 Å². The minimum Gasteiger partial charge on any atom is -0.486 e. The van der Waals surface area contributed by atoms with E-state index >= 15 is 0 Å². The van der Waals surface area contributed by atoms with E-state index in [4.69, 9.17) is 9.47 Å². The van der Waals surface area contributed by atoms with Gasteiger partial charge in [-0.25, -0.2) is 0 Å². The normalized spacial score (nSPS) is 18.0. The van der Waals surface area contributed by atoms with Crippen LogP contribution in [0.25, 0.3) is 0 Å². The molecule has 1 atom stereocenters. The molecule has 29 heavy (non-hydrogen) atoms. The van der Waals surface area contributed by atoms with Crippen molar-refractivity contribution in [1.82, 2.24) is 4.90 Å². The third-order valence-electron chi connectivity index (χ3n) is 5.77. The number of rotatable bonds is 6. The topological polar surface area (TPSA) is 55.8 Å². The molecule has 0 saturated carbocycles. The minimum atomic E-state index is 0.0241. The zero-order valence-corrected chi connectivity index (χ0v) is 16.9. The average Bonchev–Trinajstić information content (AvgIpc) is 3.27. The molecule has 0 spiro atoms. The van der Waals surface area contributed by atoms with Gasteiger partial charge in [0.1, 0.15) is 13.2 Å². The summed E-state index contributed by atoms with van der Waals surface area (Å²) in [5, 5.41) is 0. The first kappa shape index (κ1) is 19.5. The van der Waals surface area contributed by atoms with Crippen molar-refractivity contribution in [3.8, 4) is 11.5 Å². The summed E-state index contributed by atoms with van der Waals surface area (Å²) in [5.41, 5.74) is 2.96. The van der Waals surface area contributed by atoms with Crippen LogP contribution in [0.15, 0.2) is 42.5 Å². The number of ether oxygens (including phenoxy) is 2. The number of carbonyl (C=O) groups excluding carboxylic acids is 2. The van der Waals surface area contributed by atoms with E-state index in [0.717, 1.165) is 42.9 Å². The monoisotopic (exact) mass is 393 g/mol. The smallest absolute Gasteiger partial charge is 0.223 e. The Hall–Kier alpha value is -2.82. The Morgan fingerprint density at radius 3 is 2.52 bits per heavy atom. The summed E-state index contributed by atoms with van der Waals surface area (Å²) in [4.78, 5) is 27.3. The number of fused-ring (bicyclic) bond motifs is 1. The maximum absolute atomic E-state index is 12.9. The van der Waals surface area contributed by atoms with Crippen LogP contribution >= 0.6 is 0 Å². The molecule has 1 amide bonds. The summed E-state index contributed by atoms with van der Waals surface area (Å²) < 4.78 is 11.3. The number of Topliss-reactive ketones (excluding diaryl/α,β-unsaturated/α-hetero) is 1. The molecule has 0 bridgehead atoms. The van der Waals surface area contributed by atoms with Crippen LogP contribution in [-0.2, 0) is 11.2 Å². The van der Waals surface area contributed by atoms with Gasteiger partial charge in [-0.2, -0.15) is 0 Å². The van der Waals surface area contributed by atoms with Gasteiger partial charge in [0, 0.05) is 24.9 Å². The molecule has 2 aromatic rings. The zero-order chi connectivity index (χ0) is 20.2. The molecule has 2 aromatic carbocycles. The summed E-state index contributed by atoms with van der Waals surface area (Å²) in [5.74, 6) is 1.58. The molecule has 152 valence electrons. The average molecular weight is 393 g/mol. The van der Waals surface area contributed by atoms with Crippen molar-refractivity contribution < 1.29 is 19.1 Å². The summed E-state index contributed by atoms with van der Waals surface area (Å²) in [6.45, 7) is 3.93. The molecular weight excluding hydrogens is 366 g/mol. The fourth-order valence-corrected chi connectivity index (χ4v) is 4.11. The Labute approximate surface area is 171 Å². The maximum Gasteiger partial charge on any atom is 0.223 e. The van der Waals surface area contributed by atoms with Gasteiger partial charge in [0.2, 0.25) is 5.91 Å². The number of hydrogen-bond donors (Lipinski definition) is 0. The Balaban J connectivity index is 1.39. The number of hydrogen-bond acceptors (Lipinski definition) is 4. The zero-order valence-electron chi connectivity index (χ0n) is 16.9. The van der Waals surface area contributed by atoms with Gasteiger partial charge in [0.05, 0.1) is 6.04 Å². The number of likely N-dealkylation sites (tertiary alicyclic amines) is 1. The number of aryl methyl sites for hydroxylation is 1. The SMILES string of the molecule is CCc1ccc(C(=O)CCC(=O)N2CCC[C@H]2c2ccc3c(c2)OCCO3)cc1. The number of amides is 1. The van der Waals surface area contributed by atoms with Crippen LogP contribution in [0, 0.1) is 0 Å². The molecule has 0 radical (unpaired) electrons. The number of benzene rings is 2. The van der Waals surface area contributed by atoms with Crippen molar-refractivity contribution in [3.63, 3.8) is 0 Å². The number of ketones is 1. The molecule has 1 fully saturated rings. The van der Waals surface area contributed by atoms with Crippen molar-refractivity contribution in [1.29, 1.82) is 0 Å². The van der Waals surface area contributed by atoms with Crippen LogP contribution < -0.4 is 9.47 Å². The lowest BCUT2D eigenvalue weighted by Gasteiger charge is -2.26. The first-order chi connectivity index (χ1) is 14.2. The Bertz CT molecular complexity index is 890. The van der Waals surface area contributed by atoms with Gasteiger partial charge >= 0.3 is 0 Å². The second-order valence-corrected chi connectivity index (χ2v) is 7.62. The Kier molecular flexibility index (Phi) is 5.84. The molecule has 4 rings (SSSR count). The molecule has 0 aromatic heterocycles. The highest BCUT2D eigenvalue weighted by molar-refractivity contribution is 5.98. The molecule has 1 saturated heterocycles. The maximum atomic E-state index is 12.9. The van der Waals surface area contributed by atoms with Crippen molar-refractivity contribution >= 4 is 11.7 Å². The molecule has 5 nitrogen and oxygen atoms in total. The van der Waals surface area contributed by atoms with Crippen molar-refractivity contribution in [2.75, 3.05) is 19.8 Å². The number of nitrogens with zero attached hydrogens (tertiary/aromatic N) is 1. The van der Waals surface area contributed by atoms with Crippen molar-refractivity contribution in [2.24, 2.45) is 0 Å². The van der Waals surface area contributed by atoms with Gasteiger partial charge in [-0.1, -0.05) is 37.3 Å². The van der Waals surface area contributed by atoms with Crippen LogP contribution in [0.4, 0.5) is 0 Å². The summed E-state index contributed by atoms with van der Waals surface area (Å²) in [6, 6.07) is 13.7. The van der Waals surface area contributed by atoms with E-state index < -0.39 is 0 Å². The lowest BCUT2D eigenvalue weighted by molar-refractivity contribution is -0.132. The molecule has 2 aliphatic heterocycles.